The van der Waals surface area contributed by atoms with E-state index >= 15 is 0 Å². The standard InChI is InChI=1S/C33H26Cl2N6/c1-19-13-14-20(2)27(17-19)37-31-33-38-32-29(21(3)39-41(32)23-9-5-4-6-10-23)30(22-15-16-24(34)25(35)18-22)40(33)28-12-8-7-11-26(28)36-31/h4-18,30H,1-3H3,(H,36,37)/t30-/m1/s1. The number of aryl methyl sites for hydroxylation is 3. The number of rotatable bonds is 3. The summed E-state index contributed by atoms with van der Waals surface area (Å²) in [4.78, 5) is 12.6. The Morgan fingerprint density at radius 1 is 0.780 bits per heavy atom. The molecule has 0 fully saturated rings. The first-order chi connectivity index (χ1) is 19.9. The molecule has 41 heavy (non-hydrogen) atoms. The number of anilines is 2. The number of hydrogen-bond acceptors (Lipinski definition) is 5. The van der Waals surface area contributed by atoms with E-state index in [4.69, 9.17) is 38.3 Å². The minimum atomic E-state index is -0.281. The maximum atomic E-state index is 6.61. The molecule has 2 aliphatic rings. The normalized spacial score (nSPS) is 15.4. The molecule has 2 aliphatic heterocycles. The van der Waals surface area contributed by atoms with Crippen LogP contribution in [0.4, 0.5) is 22.9 Å². The summed E-state index contributed by atoms with van der Waals surface area (Å²) in [6, 6.07) is 30.1. The van der Waals surface area contributed by atoms with Crippen molar-refractivity contribution in [1.82, 2.24) is 9.78 Å². The number of hydrogen-bond donors (Lipinski definition) is 1. The third-order valence-corrected chi connectivity index (χ3v) is 8.28. The molecule has 0 saturated heterocycles. The van der Waals surface area contributed by atoms with Crippen LogP contribution in [0.1, 0.15) is 34.0 Å². The van der Waals surface area contributed by atoms with Crippen LogP contribution in [-0.2, 0) is 0 Å². The average molecular weight is 578 g/mol. The fourth-order valence-corrected chi connectivity index (χ4v) is 5.85. The zero-order chi connectivity index (χ0) is 28.2. The van der Waals surface area contributed by atoms with Gasteiger partial charge in [-0.05, 0) is 79.9 Å². The largest absolute Gasteiger partial charge is 0.337 e. The molecule has 1 N–H and O–H groups in total. The smallest absolute Gasteiger partial charge is 0.179 e. The first-order valence-corrected chi connectivity index (χ1v) is 14.1. The minimum absolute atomic E-state index is 0.281. The highest BCUT2D eigenvalue weighted by atomic mass is 35.5. The van der Waals surface area contributed by atoms with Crippen LogP contribution in [-0.4, -0.2) is 21.5 Å². The third kappa shape index (κ3) is 4.31. The van der Waals surface area contributed by atoms with Crippen LogP contribution < -0.4 is 10.2 Å². The number of halogens is 2. The van der Waals surface area contributed by atoms with Crippen molar-refractivity contribution in [3.8, 4) is 5.69 Å². The minimum Gasteiger partial charge on any atom is -0.337 e. The van der Waals surface area contributed by atoms with E-state index in [0.717, 1.165) is 56.5 Å². The zero-order valence-corrected chi connectivity index (χ0v) is 24.2. The Balaban J connectivity index is 1.51. The van der Waals surface area contributed by atoms with Gasteiger partial charge in [-0.3, -0.25) is 0 Å². The van der Waals surface area contributed by atoms with Crippen LogP contribution in [0.25, 0.3) is 5.69 Å². The summed E-state index contributed by atoms with van der Waals surface area (Å²) in [5, 5.41) is 9.62. The molecule has 3 heterocycles. The molecule has 1 atom stereocenters. The molecule has 7 rings (SSSR count). The van der Waals surface area contributed by atoms with Gasteiger partial charge >= 0.3 is 0 Å². The Morgan fingerprint density at radius 2 is 1.56 bits per heavy atom. The summed E-state index contributed by atoms with van der Waals surface area (Å²) in [6.45, 7) is 6.20. The molecule has 0 saturated carbocycles. The fraction of sp³-hybridized carbons (Fsp3) is 0.121. The van der Waals surface area contributed by atoms with Crippen LogP contribution in [0.2, 0.25) is 10.0 Å². The lowest BCUT2D eigenvalue weighted by Crippen LogP contribution is -2.46. The van der Waals surface area contributed by atoms with Gasteiger partial charge in [-0.25, -0.2) is 14.7 Å². The molecule has 1 aromatic heterocycles. The molecular weight excluding hydrogens is 551 g/mol. The lowest BCUT2D eigenvalue weighted by Gasteiger charge is -2.40. The third-order valence-electron chi connectivity index (χ3n) is 7.54. The molecule has 0 unspecified atom stereocenters. The Morgan fingerprint density at radius 3 is 2.37 bits per heavy atom. The van der Waals surface area contributed by atoms with Crippen molar-refractivity contribution < 1.29 is 0 Å². The van der Waals surface area contributed by atoms with Gasteiger partial charge in [-0.1, -0.05) is 71.7 Å². The van der Waals surface area contributed by atoms with Gasteiger partial charge in [-0.15, -0.1) is 0 Å². The Labute approximate surface area is 248 Å². The number of para-hydroxylation sites is 3. The van der Waals surface area contributed by atoms with E-state index in [-0.39, 0.29) is 6.04 Å². The van der Waals surface area contributed by atoms with Gasteiger partial charge in [0.05, 0.1) is 38.8 Å². The van der Waals surface area contributed by atoms with E-state index in [2.05, 4.69) is 48.3 Å². The molecule has 0 bridgehead atoms. The predicted octanol–water partition coefficient (Wildman–Crippen LogP) is 8.90. The Bertz CT molecular complexity index is 1890. The molecule has 8 heteroatoms. The first-order valence-electron chi connectivity index (χ1n) is 13.4. The number of fused-ring (bicyclic) bond motifs is 4. The summed E-state index contributed by atoms with van der Waals surface area (Å²) < 4.78 is 1.91. The SMILES string of the molecule is Cc1ccc(C)c(NC2=Nc3ccccc3N3C2=Nc2c(c(C)nn2-c2ccccc2)[C@H]3c2ccc(Cl)c(Cl)c2)c1. The number of aromatic nitrogens is 2. The highest BCUT2D eigenvalue weighted by Gasteiger charge is 2.41. The highest BCUT2D eigenvalue weighted by molar-refractivity contribution is 6.51. The van der Waals surface area contributed by atoms with Gasteiger partial charge in [0.1, 0.15) is 0 Å². The molecule has 0 spiro atoms. The van der Waals surface area contributed by atoms with Crippen molar-refractivity contribution in [2.24, 2.45) is 9.98 Å². The van der Waals surface area contributed by atoms with Crippen molar-refractivity contribution in [2.75, 3.05) is 10.2 Å². The van der Waals surface area contributed by atoms with Gasteiger partial charge in [0.2, 0.25) is 0 Å². The summed E-state index contributed by atoms with van der Waals surface area (Å²) in [5.74, 6) is 2.11. The Hall–Kier alpha value is -4.39. The summed E-state index contributed by atoms with van der Waals surface area (Å²) in [5.41, 5.74) is 8.84. The summed E-state index contributed by atoms with van der Waals surface area (Å²) in [7, 11) is 0. The van der Waals surface area contributed by atoms with E-state index in [9.17, 15) is 0 Å². The zero-order valence-electron chi connectivity index (χ0n) is 22.7. The van der Waals surface area contributed by atoms with E-state index in [1.165, 1.54) is 0 Å². The molecule has 5 aromatic rings. The van der Waals surface area contributed by atoms with Crippen LogP contribution in [0.3, 0.4) is 0 Å². The number of aliphatic imine (C=N–C) groups is 2. The first kappa shape index (κ1) is 25.6. The van der Waals surface area contributed by atoms with E-state index in [1.54, 1.807) is 0 Å². The lowest BCUT2D eigenvalue weighted by atomic mass is 9.93. The van der Waals surface area contributed by atoms with Crippen molar-refractivity contribution in [3.05, 3.63) is 129 Å². The maximum absolute atomic E-state index is 6.61. The highest BCUT2D eigenvalue weighted by Crippen LogP contribution is 2.48. The van der Waals surface area contributed by atoms with Crippen molar-refractivity contribution in [1.29, 1.82) is 0 Å². The van der Waals surface area contributed by atoms with Crippen molar-refractivity contribution in [3.63, 3.8) is 0 Å². The number of amidine groups is 2. The van der Waals surface area contributed by atoms with Gasteiger partial charge in [0.15, 0.2) is 17.5 Å². The number of nitrogens with one attached hydrogen (secondary N) is 1. The Kier molecular flexibility index (Phi) is 6.18. The number of benzene rings is 4. The predicted molar refractivity (Wildman–Crippen MR) is 169 cm³/mol. The van der Waals surface area contributed by atoms with Gasteiger partial charge in [0, 0.05) is 11.3 Å². The summed E-state index contributed by atoms with van der Waals surface area (Å²) >= 11 is 13.0. The van der Waals surface area contributed by atoms with Crippen molar-refractivity contribution in [2.45, 2.75) is 26.8 Å². The van der Waals surface area contributed by atoms with Gasteiger partial charge < -0.3 is 10.2 Å². The number of nitrogens with zero attached hydrogens (tertiary/aromatic N) is 5. The second kappa shape index (κ2) is 9.91. The van der Waals surface area contributed by atoms with Crippen LogP contribution in [0.15, 0.2) is 101 Å². The van der Waals surface area contributed by atoms with E-state index in [0.29, 0.717) is 21.7 Å². The average Bonchev–Trinajstić information content (AvgIpc) is 3.32. The monoisotopic (exact) mass is 576 g/mol. The second-order valence-electron chi connectivity index (χ2n) is 10.3. The quantitative estimate of drug-likeness (QED) is 0.233. The molecule has 0 radical (unpaired) electrons. The van der Waals surface area contributed by atoms with Crippen LogP contribution in [0, 0.1) is 20.8 Å². The topological polar surface area (TPSA) is 57.8 Å². The van der Waals surface area contributed by atoms with Crippen LogP contribution in [0.5, 0.6) is 0 Å². The molecule has 202 valence electrons. The molecule has 4 aromatic carbocycles. The van der Waals surface area contributed by atoms with Crippen LogP contribution >= 0.6 is 23.2 Å². The molecule has 0 aliphatic carbocycles. The fourth-order valence-electron chi connectivity index (χ4n) is 5.54. The van der Waals surface area contributed by atoms with Gasteiger partial charge in [0.25, 0.3) is 0 Å². The lowest BCUT2D eigenvalue weighted by molar-refractivity contribution is 0.815. The van der Waals surface area contributed by atoms with Gasteiger partial charge in [-0.2, -0.15) is 5.10 Å². The summed E-state index contributed by atoms with van der Waals surface area (Å²) in [6.07, 6.45) is 0. The second-order valence-corrected chi connectivity index (χ2v) is 11.2. The molecular formula is C33H26Cl2N6. The van der Waals surface area contributed by atoms with E-state index < -0.39 is 0 Å². The maximum Gasteiger partial charge on any atom is 0.179 e. The van der Waals surface area contributed by atoms with E-state index in [1.807, 2.05) is 78.3 Å². The molecule has 6 nitrogen and oxygen atoms in total. The molecule has 0 amide bonds. The van der Waals surface area contributed by atoms with Crippen molar-refractivity contribution >= 4 is 57.8 Å².